The molecular weight excluding hydrogens is 404 g/mol. The number of hydrogen-bond donors (Lipinski definition) is 0. The number of amides is 1. The number of likely N-dealkylation sites (tertiary alicyclic amines) is 1. The monoisotopic (exact) mass is 442 g/mol. The molecule has 0 bridgehead atoms. The Morgan fingerprint density at radius 3 is 2.15 bits per heavy atom. The molecule has 2 atom stereocenters. The van der Waals surface area contributed by atoms with Crippen molar-refractivity contribution in [3.8, 4) is 0 Å². The van der Waals surface area contributed by atoms with E-state index in [1.165, 1.54) is 12.8 Å². The highest BCUT2D eigenvalue weighted by molar-refractivity contribution is 5.88. The van der Waals surface area contributed by atoms with Crippen LogP contribution in [0.2, 0.25) is 0 Å². The zero-order valence-corrected chi connectivity index (χ0v) is 20.2. The van der Waals surface area contributed by atoms with Crippen LogP contribution in [0.4, 0.5) is 0 Å². The standard InChI is InChI=1S/C30H38N2O/c1-6-10-18-25(9-4)29(27-20-13-12-14-21-27)30(33)31(5)28(24-32-22-15-16-23-32)26(17-8-3)19-11-7-2/h6-14,17-21,28-29H,1-3,15-16,22-24H2,4-5H3/b18-10-,19-11-,25-9+,26-17+. The molecule has 33 heavy (non-hydrogen) atoms. The van der Waals surface area contributed by atoms with Crippen LogP contribution in [0.5, 0.6) is 0 Å². The molecule has 1 aliphatic heterocycles. The second kappa shape index (κ2) is 14.1. The first-order valence-electron chi connectivity index (χ1n) is 11.7. The number of benzene rings is 1. The largest absolute Gasteiger partial charge is 0.337 e. The van der Waals surface area contributed by atoms with Crippen LogP contribution in [0.15, 0.2) is 116 Å². The lowest BCUT2D eigenvalue weighted by Crippen LogP contribution is -2.47. The first-order chi connectivity index (χ1) is 16.1. The molecule has 0 saturated carbocycles. The SMILES string of the molecule is C=C/C=C\C(=C/C)C(C(=O)N(C)C(CN1CCCC1)C(/C=C\C=C)=C/C=C)c1ccccc1. The third kappa shape index (κ3) is 7.44. The normalized spacial score (nSPS) is 17.3. The van der Waals surface area contributed by atoms with Crippen LogP contribution in [0.25, 0.3) is 0 Å². The van der Waals surface area contributed by atoms with Crippen molar-refractivity contribution in [2.45, 2.75) is 31.7 Å². The van der Waals surface area contributed by atoms with E-state index in [1.807, 2.05) is 85.7 Å². The van der Waals surface area contributed by atoms with Gasteiger partial charge in [-0.15, -0.1) is 0 Å². The molecule has 1 amide bonds. The van der Waals surface area contributed by atoms with Gasteiger partial charge in [0.15, 0.2) is 0 Å². The van der Waals surface area contributed by atoms with Gasteiger partial charge in [-0.1, -0.05) is 105 Å². The van der Waals surface area contributed by atoms with Crippen LogP contribution in [0.3, 0.4) is 0 Å². The Balaban J connectivity index is 2.50. The van der Waals surface area contributed by atoms with E-state index in [-0.39, 0.29) is 11.9 Å². The Morgan fingerprint density at radius 1 is 1.00 bits per heavy atom. The summed E-state index contributed by atoms with van der Waals surface area (Å²) in [5.41, 5.74) is 2.98. The highest BCUT2D eigenvalue weighted by Crippen LogP contribution is 2.30. The molecule has 0 radical (unpaired) electrons. The summed E-state index contributed by atoms with van der Waals surface area (Å²) in [5.74, 6) is -0.332. The molecule has 3 heteroatoms. The van der Waals surface area contributed by atoms with E-state index in [2.05, 4.69) is 24.6 Å². The van der Waals surface area contributed by atoms with Gasteiger partial charge >= 0.3 is 0 Å². The van der Waals surface area contributed by atoms with Gasteiger partial charge in [0, 0.05) is 13.6 Å². The van der Waals surface area contributed by atoms with Crippen molar-refractivity contribution < 1.29 is 4.79 Å². The Labute approximate surface area is 200 Å². The van der Waals surface area contributed by atoms with Crippen LogP contribution in [0, 0.1) is 0 Å². The molecule has 1 aliphatic rings. The molecule has 1 aromatic carbocycles. The third-order valence-corrected chi connectivity index (χ3v) is 6.04. The average Bonchev–Trinajstić information content (AvgIpc) is 3.36. The summed E-state index contributed by atoms with van der Waals surface area (Å²) in [6.07, 6.45) is 19.5. The first-order valence-corrected chi connectivity index (χ1v) is 11.7. The van der Waals surface area contributed by atoms with Crippen LogP contribution in [-0.2, 0) is 4.79 Å². The van der Waals surface area contributed by atoms with Crippen molar-refractivity contribution in [2.75, 3.05) is 26.7 Å². The number of carbonyl (C=O) groups is 1. The minimum atomic E-state index is -0.396. The zero-order chi connectivity index (χ0) is 24.1. The van der Waals surface area contributed by atoms with Crippen LogP contribution < -0.4 is 0 Å². The Hall–Kier alpha value is -3.17. The molecule has 1 heterocycles. The molecule has 174 valence electrons. The second-order valence-electron chi connectivity index (χ2n) is 8.20. The van der Waals surface area contributed by atoms with E-state index in [0.29, 0.717) is 0 Å². The van der Waals surface area contributed by atoms with Gasteiger partial charge in [0.25, 0.3) is 0 Å². The lowest BCUT2D eigenvalue weighted by Gasteiger charge is -2.35. The summed E-state index contributed by atoms with van der Waals surface area (Å²) in [7, 11) is 1.92. The molecule has 2 rings (SSSR count). The number of carbonyl (C=O) groups excluding carboxylic acids is 1. The maximum Gasteiger partial charge on any atom is 0.234 e. The van der Waals surface area contributed by atoms with E-state index >= 15 is 0 Å². The van der Waals surface area contributed by atoms with Crippen molar-refractivity contribution in [3.05, 3.63) is 121 Å². The molecular formula is C30H38N2O. The number of nitrogens with zero attached hydrogens (tertiary/aromatic N) is 2. The van der Waals surface area contributed by atoms with Gasteiger partial charge in [-0.05, 0) is 49.6 Å². The van der Waals surface area contributed by atoms with Crippen molar-refractivity contribution in [1.29, 1.82) is 0 Å². The van der Waals surface area contributed by atoms with Gasteiger partial charge in [-0.25, -0.2) is 0 Å². The molecule has 0 aliphatic carbocycles. The maximum atomic E-state index is 14.1. The number of hydrogen-bond acceptors (Lipinski definition) is 2. The molecule has 3 nitrogen and oxygen atoms in total. The lowest BCUT2D eigenvalue weighted by molar-refractivity contribution is -0.132. The Bertz CT molecular complexity index is 914. The van der Waals surface area contributed by atoms with E-state index in [4.69, 9.17) is 0 Å². The Morgan fingerprint density at radius 2 is 1.61 bits per heavy atom. The molecule has 2 unspecified atom stereocenters. The number of rotatable bonds is 12. The molecule has 0 N–H and O–H groups in total. The highest BCUT2D eigenvalue weighted by Gasteiger charge is 2.32. The average molecular weight is 443 g/mol. The van der Waals surface area contributed by atoms with Crippen LogP contribution in [-0.4, -0.2) is 48.4 Å². The van der Waals surface area contributed by atoms with Gasteiger partial charge in [-0.3, -0.25) is 4.79 Å². The summed E-state index contributed by atoms with van der Waals surface area (Å²) in [4.78, 5) is 18.5. The first kappa shape index (κ1) is 26.1. The number of allylic oxidation sites excluding steroid dienone is 8. The predicted molar refractivity (Wildman–Crippen MR) is 142 cm³/mol. The number of likely N-dealkylation sites (N-methyl/N-ethyl adjacent to an activating group) is 1. The van der Waals surface area contributed by atoms with Gasteiger partial charge in [0.1, 0.15) is 0 Å². The maximum absolute atomic E-state index is 14.1. The van der Waals surface area contributed by atoms with Gasteiger partial charge in [-0.2, -0.15) is 0 Å². The molecule has 1 fully saturated rings. The zero-order valence-electron chi connectivity index (χ0n) is 20.2. The predicted octanol–water partition coefficient (Wildman–Crippen LogP) is 6.24. The lowest BCUT2D eigenvalue weighted by atomic mass is 9.88. The summed E-state index contributed by atoms with van der Waals surface area (Å²) in [6.45, 7) is 16.4. The van der Waals surface area contributed by atoms with Crippen LogP contribution >= 0.6 is 0 Å². The summed E-state index contributed by atoms with van der Waals surface area (Å²) >= 11 is 0. The fourth-order valence-electron chi connectivity index (χ4n) is 4.27. The second-order valence-corrected chi connectivity index (χ2v) is 8.20. The Kier molecular flexibility index (Phi) is 11.1. The van der Waals surface area contributed by atoms with E-state index < -0.39 is 5.92 Å². The quantitative estimate of drug-likeness (QED) is 0.358. The molecule has 1 saturated heterocycles. The minimum absolute atomic E-state index is 0.0641. The van der Waals surface area contributed by atoms with Crippen LogP contribution in [0.1, 0.15) is 31.2 Å². The fourth-order valence-corrected chi connectivity index (χ4v) is 4.27. The van der Waals surface area contributed by atoms with Crippen molar-refractivity contribution in [1.82, 2.24) is 9.80 Å². The van der Waals surface area contributed by atoms with Crippen molar-refractivity contribution in [2.24, 2.45) is 0 Å². The minimum Gasteiger partial charge on any atom is -0.337 e. The van der Waals surface area contributed by atoms with E-state index in [1.54, 1.807) is 18.2 Å². The smallest absolute Gasteiger partial charge is 0.234 e. The van der Waals surface area contributed by atoms with Crippen molar-refractivity contribution in [3.63, 3.8) is 0 Å². The highest BCUT2D eigenvalue weighted by atomic mass is 16.2. The van der Waals surface area contributed by atoms with Gasteiger partial charge in [0.05, 0.1) is 12.0 Å². The summed E-state index contributed by atoms with van der Waals surface area (Å²) in [6, 6.07) is 9.89. The van der Waals surface area contributed by atoms with E-state index in [9.17, 15) is 4.79 Å². The van der Waals surface area contributed by atoms with Gasteiger partial charge < -0.3 is 9.80 Å². The van der Waals surface area contributed by atoms with Crippen molar-refractivity contribution >= 4 is 5.91 Å². The molecule has 0 aromatic heterocycles. The fraction of sp³-hybridized carbons (Fsp3) is 0.300. The topological polar surface area (TPSA) is 23.6 Å². The summed E-state index contributed by atoms with van der Waals surface area (Å²) < 4.78 is 0. The molecule has 1 aromatic rings. The summed E-state index contributed by atoms with van der Waals surface area (Å²) in [5, 5.41) is 0. The van der Waals surface area contributed by atoms with Gasteiger partial charge in [0.2, 0.25) is 5.91 Å². The third-order valence-electron chi connectivity index (χ3n) is 6.04. The van der Waals surface area contributed by atoms with E-state index in [0.717, 1.165) is 36.3 Å². The molecule has 0 spiro atoms.